The van der Waals surface area contributed by atoms with E-state index in [1.807, 2.05) is 0 Å². The third kappa shape index (κ3) is 8.29. The topological polar surface area (TPSA) is 0 Å². The molecule has 0 unspecified atom stereocenters. The van der Waals surface area contributed by atoms with Crippen molar-refractivity contribution >= 4 is 11.6 Å². The van der Waals surface area contributed by atoms with Crippen LogP contribution in [0.15, 0.2) is 0 Å². The second-order valence-corrected chi connectivity index (χ2v) is 5.80. The zero-order valence-electron chi connectivity index (χ0n) is 7.79. The number of halogens is 1. The summed E-state index contributed by atoms with van der Waals surface area (Å²) in [5.41, 5.74) is 0.423. The Morgan fingerprint density at radius 2 is 1.30 bits per heavy atom. The van der Waals surface area contributed by atoms with Crippen LogP contribution in [0.25, 0.3) is 0 Å². The van der Waals surface area contributed by atoms with Crippen LogP contribution in [-0.2, 0) is 0 Å². The number of hydrogen-bond donors (Lipinski definition) is 0. The van der Waals surface area contributed by atoms with Gasteiger partial charge in [-0.15, -0.1) is 11.6 Å². The van der Waals surface area contributed by atoms with Crippen LogP contribution < -0.4 is 0 Å². The van der Waals surface area contributed by atoms with Crippen LogP contribution in [0.2, 0.25) is 0 Å². The predicted molar refractivity (Wildman–Crippen MR) is 48.6 cm³/mol. The van der Waals surface area contributed by atoms with Gasteiger partial charge in [0.05, 0.1) is 0 Å². The van der Waals surface area contributed by atoms with Crippen LogP contribution in [0.4, 0.5) is 0 Å². The molecule has 0 aromatic rings. The van der Waals surface area contributed by atoms with E-state index < -0.39 is 0 Å². The number of rotatable bonds is 2. The number of alkyl halides is 1. The molecule has 62 valence electrons. The molecule has 0 spiro atoms. The van der Waals surface area contributed by atoms with Crippen molar-refractivity contribution in [3.8, 4) is 0 Å². The smallest absolute Gasteiger partial charge is 0.0390 e. The zero-order valence-corrected chi connectivity index (χ0v) is 8.55. The maximum absolute atomic E-state index is 6.04. The van der Waals surface area contributed by atoms with Crippen molar-refractivity contribution in [3.63, 3.8) is 0 Å². The molecule has 0 atom stereocenters. The van der Waals surface area contributed by atoms with Crippen molar-refractivity contribution in [1.82, 2.24) is 0 Å². The van der Waals surface area contributed by atoms with Crippen LogP contribution in [0.5, 0.6) is 0 Å². The van der Waals surface area contributed by atoms with E-state index >= 15 is 0 Å². The molecule has 0 saturated carbocycles. The van der Waals surface area contributed by atoms with Gasteiger partial charge in [0.15, 0.2) is 0 Å². The summed E-state index contributed by atoms with van der Waals surface area (Å²) >= 11 is 6.04. The lowest BCUT2D eigenvalue weighted by Crippen LogP contribution is -2.15. The van der Waals surface area contributed by atoms with E-state index in [-0.39, 0.29) is 4.87 Å². The summed E-state index contributed by atoms with van der Waals surface area (Å²) in [5.74, 6) is 0. The van der Waals surface area contributed by atoms with Gasteiger partial charge in [-0.2, -0.15) is 0 Å². The molecule has 0 aliphatic rings. The van der Waals surface area contributed by atoms with E-state index in [1.54, 1.807) is 0 Å². The number of hydrogen-bond acceptors (Lipinski definition) is 0. The van der Waals surface area contributed by atoms with Crippen LogP contribution in [0, 0.1) is 5.41 Å². The van der Waals surface area contributed by atoms with E-state index in [0.717, 1.165) is 6.42 Å². The van der Waals surface area contributed by atoms with E-state index in [1.165, 1.54) is 6.42 Å². The molecule has 0 aromatic carbocycles. The Morgan fingerprint density at radius 1 is 0.900 bits per heavy atom. The first-order valence-electron chi connectivity index (χ1n) is 3.90. The largest absolute Gasteiger partial charge is 0.120 e. The first-order valence-corrected chi connectivity index (χ1v) is 4.27. The highest BCUT2D eigenvalue weighted by molar-refractivity contribution is 6.23. The third-order valence-electron chi connectivity index (χ3n) is 1.47. The van der Waals surface area contributed by atoms with E-state index in [2.05, 4.69) is 34.6 Å². The van der Waals surface area contributed by atoms with Crippen LogP contribution >= 0.6 is 11.6 Å². The van der Waals surface area contributed by atoms with E-state index in [4.69, 9.17) is 11.6 Å². The van der Waals surface area contributed by atoms with Gasteiger partial charge in [0, 0.05) is 4.87 Å². The van der Waals surface area contributed by atoms with Crippen molar-refractivity contribution in [2.24, 2.45) is 5.41 Å². The van der Waals surface area contributed by atoms with E-state index in [0.29, 0.717) is 5.41 Å². The first kappa shape index (κ1) is 10.3. The van der Waals surface area contributed by atoms with Crippen molar-refractivity contribution in [2.45, 2.75) is 52.3 Å². The maximum atomic E-state index is 6.04. The predicted octanol–water partition coefficient (Wildman–Crippen LogP) is 3.83. The minimum atomic E-state index is -0.0206. The van der Waals surface area contributed by atoms with E-state index in [9.17, 15) is 0 Å². The molecule has 0 N–H and O–H groups in total. The Hall–Kier alpha value is 0.290. The third-order valence-corrected chi connectivity index (χ3v) is 1.66. The quantitative estimate of drug-likeness (QED) is 0.542. The molecular weight excluding hydrogens is 144 g/mol. The van der Waals surface area contributed by atoms with Crippen molar-refractivity contribution in [3.05, 3.63) is 0 Å². The summed E-state index contributed by atoms with van der Waals surface area (Å²) in [6.45, 7) is 10.9. The molecule has 0 bridgehead atoms. The SMILES string of the molecule is CC(C)(C)CCC(C)(C)Cl. The lowest BCUT2D eigenvalue weighted by atomic mass is 9.87. The lowest BCUT2D eigenvalue weighted by Gasteiger charge is -2.23. The van der Waals surface area contributed by atoms with Crippen LogP contribution in [0.3, 0.4) is 0 Å². The summed E-state index contributed by atoms with van der Waals surface area (Å²) in [6.07, 6.45) is 2.29. The van der Waals surface area contributed by atoms with Gasteiger partial charge in [-0.3, -0.25) is 0 Å². The summed E-state index contributed by atoms with van der Waals surface area (Å²) in [7, 11) is 0. The standard InChI is InChI=1S/C9H19Cl/c1-8(2,3)6-7-9(4,5)10/h6-7H2,1-5H3. The maximum Gasteiger partial charge on any atom is 0.0390 e. The molecule has 0 saturated heterocycles. The molecule has 1 heteroatoms. The Kier molecular flexibility index (Phi) is 3.22. The molecule has 0 amide bonds. The van der Waals surface area contributed by atoms with Crippen molar-refractivity contribution in [2.75, 3.05) is 0 Å². The monoisotopic (exact) mass is 162 g/mol. The second kappa shape index (κ2) is 3.13. The highest BCUT2D eigenvalue weighted by Gasteiger charge is 2.18. The molecular formula is C9H19Cl. The molecule has 0 radical (unpaired) electrons. The molecule has 0 heterocycles. The Morgan fingerprint density at radius 3 is 1.40 bits per heavy atom. The highest BCUT2D eigenvalue weighted by Crippen LogP contribution is 2.28. The molecule has 0 nitrogen and oxygen atoms in total. The Balaban J connectivity index is 3.56. The molecule has 0 rings (SSSR count). The van der Waals surface area contributed by atoms with Gasteiger partial charge in [-0.1, -0.05) is 20.8 Å². The Bertz CT molecular complexity index is 78.3. The van der Waals surface area contributed by atoms with Gasteiger partial charge < -0.3 is 0 Å². The van der Waals surface area contributed by atoms with Gasteiger partial charge in [0.2, 0.25) is 0 Å². The summed E-state index contributed by atoms with van der Waals surface area (Å²) in [4.78, 5) is -0.0206. The fourth-order valence-corrected chi connectivity index (χ4v) is 0.767. The van der Waals surface area contributed by atoms with Crippen molar-refractivity contribution < 1.29 is 0 Å². The van der Waals surface area contributed by atoms with Crippen LogP contribution in [-0.4, -0.2) is 4.87 Å². The van der Waals surface area contributed by atoms with Gasteiger partial charge in [-0.05, 0) is 32.1 Å². The average molecular weight is 163 g/mol. The molecule has 10 heavy (non-hydrogen) atoms. The average Bonchev–Trinajstić information content (AvgIpc) is 1.57. The minimum absolute atomic E-state index is 0.0206. The van der Waals surface area contributed by atoms with Gasteiger partial charge >= 0.3 is 0 Å². The minimum Gasteiger partial charge on any atom is -0.120 e. The fourth-order valence-electron chi connectivity index (χ4n) is 0.672. The summed E-state index contributed by atoms with van der Waals surface area (Å²) in [6, 6.07) is 0. The zero-order chi connectivity index (χ0) is 8.41. The van der Waals surface area contributed by atoms with Gasteiger partial charge in [0.1, 0.15) is 0 Å². The van der Waals surface area contributed by atoms with Crippen LogP contribution in [0.1, 0.15) is 47.5 Å². The molecule has 0 aliphatic carbocycles. The summed E-state index contributed by atoms with van der Waals surface area (Å²) < 4.78 is 0. The fraction of sp³-hybridized carbons (Fsp3) is 1.00. The van der Waals surface area contributed by atoms with Crippen molar-refractivity contribution in [1.29, 1.82) is 0 Å². The van der Waals surface area contributed by atoms with Gasteiger partial charge in [-0.25, -0.2) is 0 Å². The molecule has 0 aromatic heterocycles. The molecule has 0 aliphatic heterocycles. The normalized spacial score (nSPS) is 13.8. The van der Waals surface area contributed by atoms with Gasteiger partial charge in [0.25, 0.3) is 0 Å². The first-order chi connectivity index (χ1) is 4.21. The highest BCUT2D eigenvalue weighted by atomic mass is 35.5. The second-order valence-electron chi connectivity index (χ2n) is 4.78. The molecule has 0 fully saturated rings. The lowest BCUT2D eigenvalue weighted by molar-refractivity contribution is 0.346. The Labute approximate surface area is 70.0 Å². The summed E-state index contributed by atoms with van der Waals surface area (Å²) in [5, 5.41) is 0.